The van der Waals surface area contributed by atoms with Gasteiger partial charge in [-0.3, -0.25) is 0 Å². The second kappa shape index (κ2) is 3.73. The Morgan fingerprint density at radius 1 is 1.25 bits per heavy atom. The zero-order valence-corrected chi connectivity index (χ0v) is 8.39. The molecule has 88 valence electrons. The van der Waals surface area contributed by atoms with Crippen molar-refractivity contribution in [3.8, 4) is 0 Å². The Morgan fingerprint density at radius 3 is 2.38 bits per heavy atom. The third-order valence-electron chi connectivity index (χ3n) is 2.82. The summed E-state index contributed by atoms with van der Waals surface area (Å²) >= 11 is 0. The van der Waals surface area contributed by atoms with Gasteiger partial charge < -0.3 is 5.73 Å². The Morgan fingerprint density at radius 2 is 1.88 bits per heavy atom. The Bertz CT molecular complexity index is 395. The normalized spacial score (nSPS) is 18.6. The van der Waals surface area contributed by atoms with Crippen molar-refractivity contribution in [3.63, 3.8) is 0 Å². The Labute approximate surface area is 90.3 Å². The van der Waals surface area contributed by atoms with Gasteiger partial charge in [-0.25, -0.2) is 4.39 Å². The highest BCUT2D eigenvalue weighted by Gasteiger charge is 2.40. The molecular weight excluding hydrogens is 222 g/mol. The molecule has 0 aromatic heterocycles. The van der Waals surface area contributed by atoms with Crippen LogP contribution < -0.4 is 5.73 Å². The van der Waals surface area contributed by atoms with E-state index in [1.807, 2.05) is 0 Å². The SMILES string of the molecule is N[C@H](c1cccc(F)c1C(F)(F)F)C1CC1. The first-order valence-corrected chi connectivity index (χ1v) is 5.02. The largest absolute Gasteiger partial charge is 0.419 e. The highest BCUT2D eigenvalue weighted by atomic mass is 19.4. The average Bonchev–Trinajstić information content (AvgIpc) is 2.97. The molecule has 16 heavy (non-hydrogen) atoms. The van der Waals surface area contributed by atoms with Crippen molar-refractivity contribution in [2.24, 2.45) is 11.7 Å². The lowest BCUT2D eigenvalue weighted by Crippen LogP contribution is -2.20. The summed E-state index contributed by atoms with van der Waals surface area (Å²) in [5.41, 5.74) is 4.36. The number of halogens is 4. The number of nitrogens with two attached hydrogens (primary N) is 1. The van der Waals surface area contributed by atoms with Crippen molar-refractivity contribution in [1.29, 1.82) is 0 Å². The minimum Gasteiger partial charge on any atom is -0.324 e. The van der Waals surface area contributed by atoms with Gasteiger partial charge in [-0.1, -0.05) is 12.1 Å². The van der Waals surface area contributed by atoms with Crippen molar-refractivity contribution in [1.82, 2.24) is 0 Å². The van der Waals surface area contributed by atoms with Crippen LogP contribution in [0.2, 0.25) is 0 Å². The van der Waals surface area contributed by atoms with E-state index in [0.29, 0.717) is 0 Å². The molecule has 1 fully saturated rings. The van der Waals surface area contributed by atoms with E-state index in [0.717, 1.165) is 18.9 Å². The molecule has 0 aliphatic heterocycles. The molecule has 0 spiro atoms. The predicted octanol–water partition coefficient (Wildman–Crippen LogP) is 3.25. The lowest BCUT2D eigenvalue weighted by atomic mass is 9.97. The van der Waals surface area contributed by atoms with E-state index < -0.39 is 23.6 Å². The fourth-order valence-electron chi connectivity index (χ4n) is 1.83. The van der Waals surface area contributed by atoms with Crippen molar-refractivity contribution in [3.05, 3.63) is 35.1 Å². The first-order valence-electron chi connectivity index (χ1n) is 5.02. The minimum absolute atomic E-state index is 0.0582. The molecule has 0 heterocycles. The van der Waals surface area contributed by atoms with Crippen LogP contribution in [0.3, 0.4) is 0 Å². The van der Waals surface area contributed by atoms with Gasteiger partial charge in [0.1, 0.15) is 5.82 Å². The fourth-order valence-corrected chi connectivity index (χ4v) is 1.83. The second-order valence-electron chi connectivity index (χ2n) is 4.07. The topological polar surface area (TPSA) is 26.0 Å². The van der Waals surface area contributed by atoms with Gasteiger partial charge in [0.2, 0.25) is 0 Å². The van der Waals surface area contributed by atoms with Gasteiger partial charge in [0, 0.05) is 6.04 Å². The maximum atomic E-state index is 13.2. The van der Waals surface area contributed by atoms with Gasteiger partial charge >= 0.3 is 6.18 Å². The van der Waals surface area contributed by atoms with Gasteiger partial charge in [0.25, 0.3) is 0 Å². The molecule has 1 nitrogen and oxygen atoms in total. The van der Waals surface area contributed by atoms with Crippen LogP contribution in [0.5, 0.6) is 0 Å². The summed E-state index contributed by atoms with van der Waals surface area (Å²) < 4.78 is 51.2. The molecule has 1 aliphatic carbocycles. The summed E-state index contributed by atoms with van der Waals surface area (Å²) in [6, 6.07) is 2.62. The summed E-state index contributed by atoms with van der Waals surface area (Å²) in [7, 11) is 0. The van der Waals surface area contributed by atoms with Gasteiger partial charge in [-0.2, -0.15) is 13.2 Å². The molecule has 1 aromatic rings. The maximum Gasteiger partial charge on any atom is 0.419 e. The molecule has 1 saturated carbocycles. The first-order chi connectivity index (χ1) is 7.41. The van der Waals surface area contributed by atoms with Crippen molar-refractivity contribution in [2.75, 3.05) is 0 Å². The van der Waals surface area contributed by atoms with E-state index in [9.17, 15) is 17.6 Å². The Hall–Kier alpha value is -1.10. The molecule has 5 heteroatoms. The highest BCUT2D eigenvalue weighted by Crippen LogP contribution is 2.44. The van der Waals surface area contributed by atoms with E-state index >= 15 is 0 Å². The first kappa shape index (κ1) is 11.4. The van der Waals surface area contributed by atoms with E-state index in [4.69, 9.17) is 5.73 Å². The van der Waals surface area contributed by atoms with E-state index in [-0.39, 0.29) is 11.5 Å². The molecule has 2 rings (SSSR count). The summed E-state index contributed by atoms with van der Waals surface area (Å²) in [6.07, 6.45) is -3.06. The van der Waals surface area contributed by atoms with Crippen molar-refractivity contribution >= 4 is 0 Å². The van der Waals surface area contributed by atoms with Gasteiger partial charge in [-0.05, 0) is 30.4 Å². The molecule has 0 saturated heterocycles. The van der Waals surface area contributed by atoms with Crippen LogP contribution in [0.1, 0.15) is 30.0 Å². The quantitative estimate of drug-likeness (QED) is 0.779. The third kappa shape index (κ3) is 2.04. The van der Waals surface area contributed by atoms with Crippen LogP contribution >= 0.6 is 0 Å². The molecule has 0 unspecified atom stereocenters. The molecule has 0 amide bonds. The average molecular weight is 233 g/mol. The molecule has 1 atom stereocenters. The van der Waals surface area contributed by atoms with Gasteiger partial charge in [0.15, 0.2) is 0 Å². The summed E-state index contributed by atoms with van der Waals surface area (Å²) in [6.45, 7) is 0. The van der Waals surface area contributed by atoms with E-state index in [1.54, 1.807) is 0 Å². The maximum absolute atomic E-state index is 13.2. The standard InChI is InChI=1S/C11H11F4N/c12-8-3-1-2-7(9(8)11(13,14)15)10(16)6-4-5-6/h1-3,6,10H,4-5,16H2/t10-/m0/s1. The minimum atomic E-state index is -4.69. The number of hydrogen-bond donors (Lipinski definition) is 1. The van der Waals surface area contributed by atoms with Crippen LogP contribution in [-0.4, -0.2) is 0 Å². The van der Waals surface area contributed by atoms with E-state index in [2.05, 4.69) is 0 Å². The molecular formula is C11H11F4N. The van der Waals surface area contributed by atoms with Crippen LogP contribution in [0.4, 0.5) is 17.6 Å². The van der Waals surface area contributed by atoms with Crippen LogP contribution in [0.15, 0.2) is 18.2 Å². The molecule has 0 radical (unpaired) electrons. The second-order valence-corrected chi connectivity index (χ2v) is 4.07. The Kier molecular flexibility index (Phi) is 2.66. The number of hydrogen-bond acceptors (Lipinski definition) is 1. The molecule has 1 aromatic carbocycles. The van der Waals surface area contributed by atoms with E-state index in [1.165, 1.54) is 12.1 Å². The molecule has 1 aliphatic rings. The smallest absolute Gasteiger partial charge is 0.324 e. The molecule has 0 bridgehead atoms. The molecule has 2 N–H and O–H groups in total. The summed E-state index contributed by atoms with van der Waals surface area (Å²) in [5.74, 6) is -1.19. The fraction of sp³-hybridized carbons (Fsp3) is 0.455. The zero-order valence-electron chi connectivity index (χ0n) is 8.39. The van der Waals surface area contributed by atoms with Crippen LogP contribution in [-0.2, 0) is 6.18 Å². The van der Waals surface area contributed by atoms with Crippen LogP contribution in [0, 0.1) is 11.7 Å². The lowest BCUT2D eigenvalue weighted by molar-refractivity contribution is -0.140. The predicted molar refractivity (Wildman–Crippen MR) is 51.1 cm³/mol. The monoisotopic (exact) mass is 233 g/mol. The summed E-state index contributed by atoms with van der Waals surface area (Å²) in [4.78, 5) is 0. The van der Waals surface area contributed by atoms with Crippen molar-refractivity contribution in [2.45, 2.75) is 25.1 Å². The number of benzene rings is 1. The van der Waals surface area contributed by atoms with Crippen LogP contribution in [0.25, 0.3) is 0 Å². The van der Waals surface area contributed by atoms with Gasteiger partial charge in [-0.15, -0.1) is 0 Å². The number of alkyl halides is 3. The third-order valence-corrected chi connectivity index (χ3v) is 2.82. The van der Waals surface area contributed by atoms with Crippen molar-refractivity contribution < 1.29 is 17.6 Å². The number of rotatable bonds is 2. The Balaban J connectivity index is 2.47. The zero-order chi connectivity index (χ0) is 11.9. The summed E-state index contributed by atoms with van der Waals surface area (Å²) in [5, 5.41) is 0. The lowest BCUT2D eigenvalue weighted by Gasteiger charge is -2.18. The van der Waals surface area contributed by atoms with Gasteiger partial charge in [0.05, 0.1) is 5.56 Å². The highest BCUT2D eigenvalue weighted by molar-refractivity contribution is 5.34.